The molecule has 0 N–H and O–H groups in total. The van der Waals surface area contributed by atoms with Gasteiger partial charge in [0, 0.05) is 18.3 Å². The Hall–Kier alpha value is -2.68. The van der Waals surface area contributed by atoms with Gasteiger partial charge in [-0.15, -0.1) is 5.10 Å². The number of hydrogen-bond donors (Lipinski definition) is 0. The summed E-state index contributed by atoms with van der Waals surface area (Å²) < 4.78 is 46.7. The van der Waals surface area contributed by atoms with Gasteiger partial charge in [0.05, 0.1) is 13.2 Å². The van der Waals surface area contributed by atoms with Gasteiger partial charge in [-0.1, -0.05) is 24.3 Å². The number of alkyl halides is 3. The van der Waals surface area contributed by atoms with E-state index in [4.69, 9.17) is 4.74 Å². The normalized spacial score (nSPS) is 22.2. The molecule has 2 aromatic heterocycles. The third-order valence-electron chi connectivity index (χ3n) is 5.49. The van der Waals surface area contributed by atoms with E-state index in [1.165, 1.54) is 10.1 Å². The second kappa shape index (κ2) is 5.91. The first-order chi connectivity index (χ1) is 13.4. The minimum absolute atomic E-state index is 0.0466. The highest BCUT2D eigenvalue weighted by atomic mass is 19.4. The molecule has 1 fully saturated rings. The summed E-state index contributed by atoms with van der Waals surface area (Å²) in [5, 5.41) is 3.70. The first kappa shape index (κ1) is 17.4. The van der Waals surface area contributed by atoms with Gasteiger partial charge in [0.2, 0.25) is 0 Å². The summed E-state index contributed by atoms with van der Waals surface area (Å²) in [5.41, 5.74) is 2.57. The fourth-order valence-corrected chi connectivity index (χ4v) is 4.26. The maximum Gasteiger partial charge on any atom is 0.453 e. The Kier molecular flexibility index (Phi) is 3.67. The molecule has 2 aliphatic rings. The number of rotatable bonds is 1. The summed E-state index contributed by atoms with van der Waals surface area (Å²) in [7, 11) is 0. The van der Waals surface area contributed by atoms with Crippen LogP contribution in [0.1, 0.15) is 29.1 Å². The molecule has 0 saturated carbocycles. The summed E-state index contributed by atoms with van der Waals surface area (Å²) in [5.74, 6) is -0.673. The Morgan fingerprint density at radius 1 is 1.18 bits per heavy atom. The predicted octanol–water partition coefficient (Wildman–Crippen LogP) is 3.13. The number of ether oxygens (including phenoxy) is 1. The van der Waals surface area contributed by atoms with Crippen molar-refractivity contribution in [1.82, 2.24) is 19.6 Å². The first-order valence-electron chi connectivity index (χ1n) is 9.15. The van der Waals surface area contributed by atoms with Gasteiger partial charge in [0.1, 0.15) is 11.4 Å². The molecule has 1 unspecified atom stereocenters. The van der Waals surface area contributed by atoms with Gasteiger partial charge < -0.3 is 9.64 Å². The second-order valence-electron chi connectivity index (χ2n) is 7.32. The van der Waals surface area contributed by atoms with Crippen molar-refractivity contribution in [2.24, 2.45) is 0 Å². The van der Waals surface area contributed by atoms with Crippen molar-refractivity contribution in [2.45, 2.75) is 31.5 Å². The average Bonchev–Trinajstić information content (AvgIpc) is 3.24. The molecule has 146 valence electrons. The van der Waals surface area contributed by atoms with Gasteiger partial charge in [0.25, 0.3) is 11.6 Å². The Balaban J connectivity index is 1.58. The van der Waals surface area contributed by atoms with E-state index in [2.05, 4.69) is 27.2 Å². The van der Waals surface area contributed by atoms with E-state index in [-0.39, 0.29) is 5.78 Å². The quantitative estimate of drug-likeness (QED) is 0.640. The smallest absolute Gasteiger partial charge is 0.367 e. The van der Waals surface area contributed by atoms with Gasteiger partial charge in [0.15, 0.2) is 0 Å². The third kappa shape index (κ3) is 2.64. The zero-order chi connectivity index (χ0) is 19.5. The molecule has 3 aromatic rings. The Morgan fingerprint density at radius 2 is 2.00 bits per heavy atom. The average molecular weight is 389 g/mol. The van der Waals surface area contributed by atoms with Crippen molar-refractivity contribution >= 4 is 11.6 Å². The fraction of sp³-hybridized carbons (Fsp3) is 0.421. The van der Waals surface area contributed by atoms with E-state index in [1.54, 1.807) is 13.0 Å². The van der Waals surface area contributed by atoms with Crippen molar-refractivity contribution in [3.8, 4) is 0 Å². The largest absolute Gasteiger partial charge is 0.453 e. The third-order valence-corrected chi connectivity index (χ3v) is 5.49. The molecule has 6 nitrogen and oxygen atoms in total. The lowest BCUT2D eigenvalue weighted by atomic mass is 9.93. The van der Waals surface area contributed by atoms with E-state index >= 15 is 0 Å². The molecule has 0 radical (unpaired) electrons. The maximum absolute atomic E-state index is 13.1. The van der Waals surface area contributed by atoms with Crippen LogP contribution in [-0.4, -0.2) is 39.3 Å². The molecule has 1 aromatic carbocycles. The monoisotopic (exact) mass is 389 g/mol. The number of aromatic nitrogens is 4. The molecule has 1 atom stereocenters. The maximum atomic E-state index is 13.1. The number of anilines is 1. The molecule has 1 aliphatic carbocycles. The van der Waals surface area contributed by atoms with Crippen LogP contribution < -0.4 is 4.90 Å². The number of benzene rings is 1. The number of hydrogen-bond acceptors (Lipinski definition) is 5. The molecule has 28 heavy (non-hydrogen) atoms. The molecule has 0 bridgehead atoms. The van der Waals surface area contributed by atoms with E-state index in [0.29, 0.717) is 31.2 Å². The highest BCUT2D eigenvalue weighted by molar-refractivity contribution is 5.50. The Bertz CT molecular complexity index is 1060. The van der Waals surface area contributed by atoms with Crippen molar-refractivity contribution in [3.05, 3.63) is 53.0 Å². The Morgan fingerprint density at radius 3 is 2.82 bits per heavy atom. The summed E-state index contributed by atoms with van der Waals surface area (Å²) >= 11 is 0. The zero-order valence-electron chi connectivity index (χ0n) is 15.2. The van der Waals surface area contributed by atoms with Crippen molar-refractivity contribution in [2.75, 3.05) is 24.6 Å². The number of morpholine rings is 1. The predicted molar refractivity (Wildman–Crippen MR) is 95.1 cm³/mol. The summed E-state index contributed by atoms with van der Waals surface area (Å²) in [4.78, 5) is 9.73. The molecule has 1 aliphatic heterocycles. The molecule has 5 rings (SSSR count). The fourth-order valence-electron chi connectivity index (χ4n) is 4.26. The summed E-state index contributed by atoms with van der Waals surface area (Å²) in [6.45, 7) is 3.33. The van der Waals surface area contributed by atoms with Crippen LogP contribution in [0.2, 0.25) is 0 Å². The van der Waals surface area contributed by atoms with Gasteiger partial charge in [-0.2, -0.15) is 22.7 Å². The second-order valence-corrected chi connectivity index (χ2v) is 7.32. The lowest BCUT2D eigenvalue weighted by molar-refractivity contribution is -0.144. The first-order valence-corrected chi connectivity index (χ1v) is 9.15. The summed E-state index contributed by atoms with van der Waals surface area (Å²) in [6.07, 6.45) is -2.84. The highest BCUT2D eigenvalue weighted by Gasteiger charge is 2.44. The number of aryl methyl sites for hydroxylation is 2. The number of fused-ring (bicyclic) bond motifs is 3. The molecule has 1 spiro atoms. The van der Waals surface area contributed by atoms with Crippen LogP contribution in [-0.2, 0) is 22.9 Å². The van der Waals surface area contributed by atoms with Crippen LogP contribution in [0.4, 0.5) is 19.0 Å². The number of nitrogens with zero attached hydrogens (tertiary/aromatic N) is 5. The summed E-state index contributed by atoms with van der Waals surface area (Å²) in [6, 6.07) is 9.95. The minimum Gasteiger partial charge on any atom is -0.367 e. The molecular weight excluding hydrogens is 371 g/mol. The van der Waals surface area contributed by atoms with Gasteiger partial charge in [-0.25, -0.2) is 4.98 Å². The zero-order valence-corrected chi connectivity index (χ0v) is 15.2. The van der Waals surface area contributed by atoms with Crippen LogP contribution in [0, 0.1) is 6.92 Å². The van der Waals surface area contributed by atoms with Crippen molar-refractivity contribution < 1.29 is 17.9 Å². The van der Waals surface area contributed by atoms with Crippen LogP contribution >= 0.6 is 0 Å². The molecule has 3 heterocycles. The van der Waals surface area contributed by atoms with E-state index in [1.807, 2.05) is 17.0 Å². The van der Waals surface area contributed by atoms with E-state index in [0.717, 1.165) is 18.4 Å². The van der Waals surface area contributed by atoms with Crippen LogP contribution in [0.5, 0.6) is 0 Å². The van der Waals surface area contributed by atoms with Crippen molar-refractivity contribution in [3.63, 3.8) is 0 Å². The van der Waals surface area contributed by atoms with Gasteiger partial charge in [-0.05, 0) is 30.9 Å². The SMILES string of the molecule is Cc1cc(N2CCOC3(CCc4ccccc43)C2)n2nc(C(F)(F)F)nc2n1. The topological polar surface area (TPSA) is 55.6 Å². The standard InChI is InChI=1S/C19H18F3N5O/c1-12-10-15(27-17(23-12)24-16(25-27)19(20,21)22)26-8-9-28-18(11-26)7-6-13-4-2-3-5-14(13)18/h2-5,10H,6-9,11H2,1H3. The Labute approximate surface area is 159 Å². The van der Waals surface area contributed by atoms with Crippen LogP contribution in [0.25, 0.3) is 5.78 Å². The molecular formula is C19H18F3N5O. The molecule has 9 heteroatoms. The van der Waals surface area contributed by atoms with Crippen molar-refractivity contribution in [1.29, 1.82) is 0 Å². The molecule has 0 amide bonds. The lowest BCUT2D eigenvalue weighted by Gasteiger charge is -2.42. The van der Waals surface area contributed by atoms with Crippen LogP contribution in [0.3, 0.4) is 0 Å². The van der Waals surface area contributed by atoms with E-state index in [9.17, 15) is 13.2 Å². The highest BCUT2D eigenvalue weighted by Crippen LogP contribution is 2.43. The van der Waals surface area contributed by atoms with Crippen LogP contribution in [0.15, 0.2) is 30.3 Å². The van der Waals surface area contributed by atoms with Gasteiger partial charge in [-0.3, -0.25) is 0 Å². The number of halogens is 3. The minimum atomic E-state index is -4.62. The lowest BCUT2D eigenvalue weighted by Crippen LogP contribution is -2.49. The van der Waals surface area contributed by atoms with Gasteiger partial charge >= 0.3 is 6.18 Å². The molecule has 1 saturated heterocycles. The van der Waals surface area contributed by atoms with E-state index < -0.39 is 17.6 Å².